The molecule has 1 saturated heterocycles. The molecule has 4 atom stereocenters. The Morgan fingerprint density at radius 2 is 2.00 bits per heavy atom. The summed E-state index contributed by atoms with van der Waals surface area (Å²) in [4.78, 5) is 43.1. The van der Waals surface area contributed by atoms with Crippen LogP contribution in [0.2, 0.25) is 0 Å². The number of amides is 3. The summed E-state index contributed by atoms with van der Waals surface area (Å²) in [7, 11) is 2.57. The fourth-order valence-corrected chi connectivity index (χ4v) is 6.32. The van der Waals surface area contributed by atoms with Gasteiger partial charge < -0.3 is 24.8 Å². The van der Waals surface area contributed by atoms with Crippen LogP contribution in [-0.4, -0.2) is 70.0 Å². The Labute approximate surface area is 245 Å². The molecule has 1 aliphatic carbocycles. The summed E-state index contributed by atoms with van der Waals surface area (Å²) in [6.07, 6.45) is 2.35. The Kier molecular flexibility index (Phi) is 9.26. The van der Waals surface area contributed by atoms with Gasteiger partial charge >= 0.3 is 6.09 Å². The molecule has 0 saturated carbocycles. The number of ether oxygens (including phenoxy) is 2. The van der Waals surface area contributed by atoms with Crippen molar-refractivity contribution in [1.29, 1.82) is 0 Å². The molecule has 212 valence electrons. The van der Waals surface area contributed by atoms with Crippen molar-refractivity contribution in [3.63, 3.8) is 0 Å². The maximum atomic E-state index is 13.1. The number of carbonyl (C=O) groups excluding carboxylic acids is 3. The summed E-state index contributed by atoms with van der Waals surface area (Å²) in [5.74, 6) is -3.55. The Morgan fingerprint density at radius 1 is 1.25 bits per heavy atom. The zero-order valence-corrected chi connectivity index (χ0v) is 24.5. The topological polar surface area (TPSA) is 146 Å². The van der Waals surface area contributed by atoms with E-state index in [9.17, 15) is 29.7 Å². The van der Waals surface area contributed by atoms with Crippen molar-refractivity contribution < 1.29 is 39.2 Å². The number of fused-ring (bicyclic) bond motifs is 1. The van der Waals surface area contributed by atoms with Gasteiger partial charge in [0.25, 0.3) is 0 Å². The van der Waals surface area contributed by atoms with E-state index in [4.69, 9.17) is 4.74 Å². The average Bonchev–Trinajstić information content (AvgIpc) is 3.20. The lowest BCUT2D eigenvalue weighted by Gasteiger charge is -2.35. The van der Waals surface area contributed by atoms with E-state index in [1.54, 1.807) is 25.3 Å². The predicted molar refractivity (Wildman–Crippen MR) is 154 cm³/mol. The van der Waals surface area contributed by atoms with E-state index < -0.39 is 48.4 Å². The molecule has 0 spiro atoms. The first kappa shape index (κ1) is 29.7. The van der Waals surface area contributed by atoms with E-state index in [2.05, 4.69) is 9.72 Å². The van der Waals surface area contributed by atoms with Gasteiger partial charge in [-0.3, -0.25) is 14.6 Å². The van der Waals surface area contributed by atoms with Crippen LogP contribution in [0.5, 0.6) is 11.5 Å². The van der Waals surface area contributed by atoms with Crippen molar-refractivity contribution in [3.8, 4) is 11.5 Å². The van der Waals surface area contributed by atoms with Gasteiger partial charge in [-0.15, -0.1) is 0 Å². The molecule has 1 aromatic carbocycles. The molecule has 11 heteroatoms. The van der Waals surface area contributed by atoms with Crippen LogP contribution in [0.15, 0.2) is 47.7 Å². The van der Waals surface area contributed by atoms with Crippen LogP contribution in [0.25, 0.3) is 11.6 Å². The van der Waals surface area contributed by atoms with Crippen LogP contribution in [0.4, 0.5) is 4.79 Å². The molecule has 4 rings (SSSR count). The maximum Gasteiger partial charge on any atom is 0.423 e. The number of benzene rings is 1. The Bertz CT molecular complexity index is 1370. The molecular weight excluding hydrogens is 631 g/mol. The monoisotopic (exact) mass is 662 g/mol. The summed E-state index contributed by atoms with van der Waals surface area (Å²) < 4.78 is 10.5. The second kappa shape index (κ2) is 12.5. The third-order valence-electron chi connectivity index (χ3n) is 7.53. The van der Waals surface area contributed by atoms with Gasteiger partial charge in [0.05, 0.1) is 48.0 Å². The number of allylic oxidation sites excluding steroid dienone is 2. The number of rotatable bonds is 8. The highest BCUT2D eigenvalue weighted by atomic mass is 127. The molecule has 2 aliphatic rings. The van der Waals surface area contributed by atoms with Gasteiger partial charge in [0.15, 0.2) is 11.5 Å². The first-order valence-corrected chi connectivity index (χ1v) is 13.8. The summed E-state index contributed by atoms with van der Waals surface area (Å²) >= 11 is 2.02. The maximum absolute atomic E-state index is 13.1. The molecule has 2 heterocycles. The zero-order valence-electron chi connectivity index (χ0n) is 22.3. The van der Waals surface area contributed by atoms with Gasteiger partial charge in [0.2, 0.25) is 11.8 Å². The molecule has 1 aliphatic heterocycles. The van der Waals surface area contributed by atoms with Gasteiger partial charge in [0.1, 0.15) is 0 Å². The number of carbonyl (C=O) groups is 3. The van der Waals surface area contributed by atoms with Crippen LogP contribution in [0, 0.1) is 21.3 Å². The van der Waals surface area contributed by atoms with E-state index in [0.717, 1.165) is 18.2 Å². The number of aliphatic hydroxyl groups excluding tert-OH is 2. The fraction of sp³-hybridized carbons (Fsp3) is 0.379. The van der Waals surface area contributed by atoms with E-state index in [1.165, 1.54) is 7.11 Å². The normalized spacial score (nSPS) is 21.9. The third kappa shape index (κ3) is 5.63. The fourth-order valence-electron chi connectivity index (χ4n) is 5.70. The molecule has 10 nitrogen and oxygen atoms in total. The van der Waals surface area contributed by atoms with E-state index in [1.807, 2.05) is 46.9 Å². The highest BCUT2D eigenvalue weighted by Crippen LogP contribution is 2.46. The highest BCUT2D eigenvalue weighted by Gasteiger charge is 2.56. The van der Waals surface area contributed by atoms with Crippen molar-refractivity contribution >= 4 is 52.1 Å². The number of nitrogens with zero attached hydrogens (tertiary/aromatic N) is 2. The number of pyridine rings is 1. The van der Waals surface area contributed by atoms with Crippen LogP contribution in [-0.2, 0) is 14.3 Å². The third-order valence-corrected chi connectivity index (χ3v) is 8.36. The lowest BCUT2D eigenvalue weighted by atomic mass is 9.68. The number of aliphatic hydroxyl groups is 2. The second-order valence-corrected chi connectivity index (χ2v) is 11.0. The average molecular weight is 662 g/mol. The quantitative estimate of drug-likeness (QED) is 0.218. The van der Waals surface area contributed by atoms with Crippen molar-refractivity contribution in [3.05, 3.63) is 62.5 Å². The number of likely N-dealkylation sites (tertiary alicyclic amines) is 1. The Balaban J connectivity index is 1.63. The summed E-state index contributed by atoms with van der Waals surface area (Å²) in [6, 6.07) is 9.04. The number of aromatic nitrogens is 1. The molecule has 2 aromatic rings. The molecular formula is C29H31IN2O8. The molecule has 1 fully saturated rings. The SMILES string of the molecule is COC(=O)N1C(=O)[C@@H]2[C@@H](CC(C)=C([C@H](O)CC/C(=C/c3cc(I)c(O)c(OC)c3)c3ccccn3)[C@@H]2CO)C1=O. The number of hydrogen-bond donors (Lipinski definition) is 3. The number of imide groups is 3. The van der Waals surface area contributed by atoms with E-state index in [-0.39, 0.29) is 18.6 Å². The van der Waals surface area contributed by atoms with Gasteiger partial charge in [-0.25, -0.2) is 4.79 Å². The van der Waals surface area contributed by atoms with Crippen molar-refractivity contribution in [2.45, 2.75) is 32.3 Å². The van der Waals surface area contributed by atoms with E-state index >= 15 is 0 Å². The predicted octanol–water partition coefficient (Wildman–Crippen LogP) is 3.78. The lowest BCUT2D eigenvalue weighted by molar-refractivity contribution is -0.137. The Morgan fingerprint density at radius 3 is 2.62 bits per heavy atom. The summed E-state index contributed by atoms with van der Waals surface area (Å²) in [5.41, 5.74) is 3.52. The molecule has 0 unspecified atom stereocenters. The molecule has 0 radical (unpaired) electrons. The van der Waals surface area contributed by atoms with Gasteiger partial charge in [-0.1, -0.05) is 11.6 Å². The molecule has 3 amide bonds. The smallest absolute Gasteiger partial charge is 0.423 e. The molecule has 3 N–H and O–H groups in total. The first-order valence-electron chi connectivity index (χ1n) is 12.8. The van der Waals surface area contributed by atoms with Gasteiger partial charge in [-0.05, 0) is 95.8 Å². The first-order chi connectivity index (χ1) is 19.1. The number of phenolic OH excluding ortho intramolecular Hbond substituents is 1. The van der Waals surface area contributed by atoms with Crippen LogP contribution < -0.4 is 4.74 Å². The molecule has 40 heavy (non-hydrogen) atoms. The number of halogens is 1. The van der Waals surface area contributed by atoms with Gasteiger partial charge in [0, 0.05) is 12.1 Å². The van der Waals surface area contributed by atoms with Crippen LogP contribution in [0.1, 0.15) is 37.4 Å². The molecule has 0 bridgehead atoms. The summed E-state index contributed by atoms with van der Waals surface area (Å²) in [5, 5.41) is 31.9. The minimum Gasteiger partial charge on any atom is -0.504 e. The standard InChI is InChI=1S/C29H31IN2O8/c1-15-10-18-25(28(37)32(27(18)36)29(38)40-3)19(14-33)24(15)22(34)8-7-17(21-6-4-5-9-31-21)11-16-12-20(30)26(35)23(13-16)39-2/h4-6,9,11-13,18-19,22,25,33-35H,7-8,10,14H2,1-3H3/b17-11-/t18-,19+,22-,25-/m1/s1. The van der Waals surface area contributed by atoms with Gasteiger partial charge in [-0.2, -0.15) is 4.90 Å². The molecule has 1 aromatic heterocycles. The van der Waals surface area contributed by atoms with Crippen molar-refractivity contribution in [1.82, 2.24) is 9.88 Å². The highest BCUT2D eigenvalue weighted by molar-refractivity contribution is 14.1. The number of hydrogen-bond acceptors (Lipinski definition) is 9. The van der Waals surface area contributed by atoms with E-state index in [0.29, 0.717) is 37.5 Å². The lowest BCUT2D eigenvalue weighted by Crippen LogP contribution is -2.39. The Hall–Kier alpha value is -3.29. The van der Waals surface area contributed by atoms with Crippen molar-refractivity contribution in [2.75, 3.05) is 20.8 Å². The van der Waals surface area contributed by atoms with Crippen molar-refractivity contribution in [2.24, 2.45) is 17.8 Å². The number of phenols is 1. The van der Waals surface area contributed by atoms with Crippen LogP contribution in [0.3, 0.4) is 0 Å². The second-order valence-electron chi connectivity index (χ2n) is 9.84. The minimum absolute atomic E-state index is 0.0498. The number of aromatic hydroxyl groups is 1. The number of methoxy groups -OCH3 is 2. The largest absolute Gasteiger partial charge is 0.504 e. The minimum atomic E-state index is -1.05. The zero-order chi connectivity index (χ0) is 29.1. The van der Waals surface area contributed by atoms with Crippen LogP contribution >= 0.6 is 22.6 Å². The summed E-state index contributed by atoms with van der Waals surface area (Å²) in [6.45, 7) is 1.31.